The van der Waals surface area contributed by atoms with E-state index in [0.717, 1.165) is 19.3 Å². The van der Waals surface area contributed by atoms with Crippen LogP contribution < -0.4 is 0 Å². The second kappa shape index (κ2) is 5.99. The summed E-state index contributed by atoms with van der Waals surface area (Å²) in [5, 5.41) is 12.0. The molecule has 1 aromatic carbocycles. The first-order chi connectivity index (χ1) is 8.24. The molecule has 0 spiro atoms. The highest BCUT2D eigenvalue weighted by Crippen LogP contribution is 2.14. The van der Waals surface area contributed by atoms with Gasteiger partial charge in [-0.05, 0) is 36.8 Å². The Hall–Kier alpha value is -1.12. The molecule has 17 heavy (non-hydrogen) atoms. The zero-order valence-electron chi connectivity index (χ0n) is 10.1. The summed E-state index contributed by atoms with van der Waals surface area (Å²) in [6.45, 7) is 2.10. The second-order valence-electron chi connectivity index (χ2n) is 4.47. The van der Waals surface area contributed by atoms with Crippen molar-refractivity contribution in [3.63, 3.8) is 0 Å². The van der Waals surface area contributed by atoms with Gasteiger partial charge in [-0.3, -0.25) is 0 Å². The minimum absolute atomic E-state index is 0.228. The summed E-state index contributed by atoms with van der Waals surface area (Å²) in [4.78, 5) is 1.27. The summed E-state index contributed by atoms with van der Waals surface area (Å²) in [5.41, 5.74) is 2.60. The topological polar surface area (TPSA) is 20.2 Å². The highest BCUT2D eigenvalue weighted by Gasteiger charge is 2.06. The number of benzene rings is 1. The van der Waals surface area contributed by atoms with E-state index in [-0.39, 0.29) is 6.10 Å². The summed E-state index contributed by atoms with van der Waals surface area (Å²) in [7, 11) is 0. The van der Waals surface area contributed by atoms with Crippen molar-refractivity contribution in [2.24, 2.45) is 0 Å². The predicted molar refractivity (Wildman–Crippen MR) is 73.5 cm³/mol. The Kier molecular flexibility index (Phi) is 4.35. The molecule has 1 N–H and O–H groups in total. The molecule has 90 valence electrons. The summed E-state index contributed by atoms with van der Waals surface area (Å²) in [6.07, 6.45) is 2.34. The lowest BCUT2D eigenvalue weighted by molar-refractivity contribution is 0.166. The van der Waals surface area contributed by atoms with Gasteiger partial charge in [-0.1, -0.05) is 35.9 Å². The quantitative estimate of drug-likeness (QED) is 0.854. The number of aryl methyl sites for hydroxylation is 2. The number of hydrogen-bond acceptors (Lipinski definition) is 2. The van der Waals surface area contributed by atoms with Crippen molar-refractivity contribution in [1.82, 2.24) is 0 Å². The number of aliphatic hydroxyl groups excluding tert-OH is 1. The molecule has 0 saturated carbocycles. The van der Waals surface area contributed by atoms with E-state index < -0.39 is 0 Å². The van der Waals surface area contributed by atoms with Crippen LogP contribution in [0, 0.1) is 6.92 Å². The molecule has 2 heteroatoms. The predicted octanol–water partition coefficient (Wildman–Crippen LogP) is 3.59. The number of thiophene rings is 1. The first kappa shape index (κ1) is 12.3. The molecule has 2 rings (SSSR count). The zero-order valence-corrected chi connectivity index (χ0v) is 10.9. The van der Waals surface area contributed by atoms with Crippen LogP contribution in [0.1, 0.15) is 22.4 Å². The smallest absolute Gasteiger partial charge is 0.0591 e. The monoisotopic (exact) mass is 246 g/mol. The van der Waals surface area contributed by atoms with Crippen molar-refractivity contribution < 1.29 is 5.11 Å². The van der Waals surface area contributed by atoms with Crippen LogP contribution in [0.3, 0.4) is 0 Å². The molecule has 0 radical (unpaired) electrons. The summed E-state index contributed by atoms with van der Waals surface area (Å²) < 4.78 is 0. The SMILES string of the molecule is Cc1cccc(CCC(O)Cc2cccs2)c1. The molecule has 1 atom stereocenters. The van der Waals surface area contributed by atoms with Crippen molar-refractivity contribution >= 4 is 11.3 Å². The lowest BCUT2D eigenvalue weighted by atomic mass is 10.0. The van der Waals surface area contributed by atoms with Crippen molar-refractivity contribution in [2.45, 2.75) is 32.3 Å². The molecule has 0 fully saturated rings. The average Bonchev–Trinajstić information content (AvgIpc) is 2.79. The van der Waals surface area contributed by atoms with E-state index in [4.69, 9.17) is 0 Å². The van der Waals surface area contributed by atoms with E-state index in [1.165, 1.54) is 16.0 Å². The van der Waals surface area contributed by atoms with Crippen molar-refractivity contribution in [3.05, 3.63) is 57.8 Å². The molecule has 0 aliphatic carbocycles. The fraction of sp³-hybridized carbons (Fsp3) is 0.333. The third-order valence-electron chi connectivity index (χ3n) is 2.87. The van der Waals surface area contributed by atoms with E-state index in [1.807, 2.05) is 6.07 Å². The van der Waals surface area contributed by atoms with Crippen LogP contribution >= 0.6 is 11.3 Å². The van der Waals surface area contributed by atoms with Crippen molar-refractivity contribution in [2.75, 3.05) is 0 Å². The largest absolute Gasteiger partial charge is 0.393 e. The molecule has 0 saturated heterocycles. The molecule has 1 unspecified atom stereocenters. The van der Waals surface area contributed by atoms with Crippen LogP contribution in [0.2, 0.25) is 0 Å². The lowest BCUT2D eigenvalue weighted by Gasteiger charge is -2.09. The Morgan fingerprint density at radius 2 is 2.12 bits per heavy atom. The van der Waals surface area contributed by atoms with E-state index in [1.54, 1.807) is 11.3 Å². The van der Waals surface area contributed by atoms with Gasteiger partial charge in [-0.25, -0.2) is 0 Å². The van der Waals surface area contributed by atoms with Crippen LogP contribution in [0.25, 0.3) is 0 Å². The maximum atomic E-state index is 9.96. The van der Waals surface area contributed by atoms with Gasteiger partial charge in [0.2, 0.25) is 0 Å². The van der Waals surface area contributed by atoms with Gasteiger partial charge in [0.05, 0.1) is 6.10 Å². The summed E-state index contributed by atoms with van der Waals surface area (Å²) >= 11 is 1.72. The van der Waals surface area contributed by atoms with E-state index in [2.05, 4.69) is 42.6 Å². The maximum Gasteiger partial charge on any atom is 0.0591 e. The summed E-state index contributed by atoms with van der Waals surface area (Å²) in [5.74, 6) is 0. The van der Waals surface area contributed by atoms with Gasteiger partial charge in [-0.2, -0.15) is 0 Å². The zero-order chi connectivity index (χ0) is 12.1. The molecule has 1 heterocycles. The van der Waals surface area contributed by atoms with Crippen LogP contribution in [-0.2, 0) is 12.8 Å². The first-order valence-electron chi connectivity index (χ1n) is 6.00. The minimum atomic E-state index is -0.228. The molecule has 1 nitrogen and oxygen atoms in total. The van der Waals surface area contributed by atoms with Gasteiger partial charge in [-0.15, -0.1) is 11.3 Å². The van der Waals surface area contributed by atoms with Gasteiger partial charge >= 0.3 is 0 Å². The van der Waals surface area contributed by atoms with Crippen LogP contribution in [0.4, 0.5) is 0 Å². The third kappa shape index (κ3) is 3.99. The Labute approximate surface area is 107 Å². The normalized spacial score (nSPS) is 12.6. The number of rotatable bonds is 5. The Balaban J connectivity index is 1.82. The van der Waals surface area contributed by atoms with Crippen molar-refractivity contribution in [1.29, 1.82) is 0 Å². The highest BCUT2D eigenvalue weighted by atomic mass is 32.1. The van der Waals surface area contributed by atoms with Gasteiger partial charge < -0.3 is 5.11 Å². The first-order valence-corrected chi connectivity index (χ1v) is 6.88. The van der Waals surface area contributed by atoms with Crippen molar-refractivity contribution in [3.8, 4) is 0 Å². The van der Waals surface area contributed by atoms with E-state index in [0.29, 0.717) is 0 Å². The second-order valence-corrected chi connectivity index (χ2v) is 5.50. The van der Waals surface area contributed by atoms with E-state index in [9.17, 15) is 5.11 Å². The molecular formula is C15H18OS. The molecule has 2 aromatic rings. The van der Waals surface area contributed by atoms with Gasteiger partial charge in [0.15, 0.2) is 0 Å². The molecule has 0 aliphatic heterocycles. The average molecular weight is 246 g/mol. The van der Waals surface area contributed by atoms with Crippen LogP contribution in [0.15, 0.2) is 41.8 Å². The number of aliphatic hydroxyl groups is 1. The van der Waals surface area contributed by atoms with Gasteiger partial charge in [0, 0.05) is 11.3 Å². The lowest BCUT2D eigenvalue weighted by Crippen LogP contribution is -2.10. The molecule has 0 aliphatic rings. The van der Waals surface area contributed by atoms with Crippen LogP contribution in [0.5, 0.6) is 0 Å². The highest BCUT2D eigenvalue weighted by molar-refractivity contribution is 7.09. The van der Waals surface area contributed by atoms with Gasteiger partial charge in [0.1, 0.15) is 0 Å². The fourth-order valence-electron chi connectivity index (χ4n) is 1.96. The number of hydrogen-bond donors (Lipinski definition) is 1. The minimum Gasteiger partial charge on any atom is -0.393 e. The fourth-order valence-corrected chi connectivity index (χ4v) is 2.74. The summed E-state index contributed by atoms with van der Waals surface area (Å²) in [6, 6.07) is 12.6. The Morgan fingerprint density at radius 3 is 2.82 bits per heavy atom. The molecular weight excluding hydrogens is 228 g/mol. The molecule has 0 amide bonds. The molecule has 0 bridgehead atoms. The third-order valence-corrected chi connectivity index (χ3v) is 3.76. The standard InChI is InChI=1S/C15H18OS/c1-12-4-2-5-13(10-12)7-8-14(16)11-15-6-3-9-17-15/h2-6,9-10,14,16H,7-8,11H2,1H3. The maximum absolute atomic E-state index is 9.96. The van der Waals surface area contributed by atoms with Gasteiger partial charge in [0.25, 0.3) is 0 Å². The Bertz CT molecular complexity index is 448. The van der Waals surface area contributed by atoms with E-state index >= 15 is 0 Å². The molecule has 1 aromatic heterocycles. The van der Waals surface area contributed by atoms with Crippen LogP contribution in [-0.4, -0.2) is 11.2 Å². The Morgan fingerprint density at radius 1 is 1.24 bits per heavy atom.